The summed E-state index contributed by atoms with van der Waals surface area (Å²) in [6.07, 6.45) is 0. The normalized spacial score (nSPS) is 10.1. The predicted octanol–water partition coefficient (Wildman–Crippen LogP) is 2.83. The second-order valence-electron chi connectivity index (χ2n) is 3.50. The number of nitrogens with zero attached hydrogens (tertiary/aromatic N) is 1. The van der Waals surface area contributed by atoms with Gasteiger partial charge in [0.15, 0.2) is 0 Å². The summed E-state index contributed by atoms with van der Waals surface area (Å²) >= 11 is 1.51. The number of rotatable bonds is 4. The maximum atomic E-state index is 5.73. The number of ether oxygens (including phenoxy) is 2. The lowest BCUT2D eigenvalue weighted by atomic mass is 10.3. The van der Waals surface area contributed by atoms with Gasteiger partial charge in [-0.2, -0.15) is 0 Å². The molecule has 0 saturated carbocycles. The molecular weight excluding hydrogens is 248 g/mol. The highest BCUT2D eigenvalue weighted by Gasteiger charge is 2.07. The second kappa shape index (κ2) is 5.64. The largest absolute Gasteiger partial charge is 0.496 e. The summed E-state index contributed by atoms with van der Waals surface area (Å²) < 4.78 is 10.4. The highest BCUT2D eigenvalue weighted by Crippen LogP contribution is 2.35. The van der Waals surface area contributed by atoms with E-state index in [1.54, 1.807) is 20.3 Å². The third kappa shape index (κ3) is 2.68. The SMILES string of the molecule is COc1ccccc1Sc1ccc(N)c(OC)n1. The van der Waals surface area contributed by atoms with Crippen LogP contribution in [0.3, 0.4) is 0 Å². The molecule has 0 unspecified atom stereocenters. The highest BCUT2D eigenvalue weighted by atomic mass is 32.2. The van der Waals surface area contributed by atoms with E-state index >= 15 is 0 Å². The van der Waals surface area contributed by atoms with Gasteiger partial charge < -0.3 is 15.2 Å². The molecule has 18 heavy (non-hydrogen) atoms. The molecule has 1 aromatic carbocycles. The standard InChI is InChI=1S/C13H14N2O2S/c1-16-10-5-3-4-6-11(10)18-12-8-7-9(14)13(15-12)17-2/h3-8H,14H2,1-2H3. The molecule has 0 atom stereocenters. The van der Waals surface area contributed by atoms with Crippen LogP contribution < -0.4 is 15.2 Å². The molecule has 0 aliphatic carbocycles. The van der Waals surface area contributed by atoms with Crippen LogP contribution >= 0.6 is 11.8 Å². The summed E-state index contributed by atoms with van der Waals surface area (Å²) in [7, 11) is 3.20. The number of para-hydroxylation sites is 1. The molecule has 5 heteroatoms. The van der Waals surface area contributed by atoms with Crippen LogP contribution in [0.4, 0.5) is 5.69 Å². The van der Waals surface area contributed by atoms with Gasteiger partial charge in [0.25, 0.3) is 0 Å². The van der Waals surface area contributed by atoms with Crippen molar-refractivity contribution in [1.82, 2.24) is 4.98 Å². The van der Waals surface area contributed by atoms with Gasteiger partial charge in [0, 0.05) is 0 Å². The van der Waals surface area contributed by atoms with E-state index in [9.17, 15) is 0 Å². The lowest BCUT2D eigenvalue weighted by Crippen LogP contribution is -1.96. The maximum Gasteiger partial charge on any atom is 0.237 e. The average Bonchev–Trinajstić information content (AvgIpc) is 2.41. The Balaban J connectivity index is 2.28. The molecule has 0 radical (unpaired) electrons. The van der Waals surface area contributed by atoms with E-state index in [0.717, 1.165) is 15.7 Å². The van der Waals surface area contributed by atoms with E-state index in [1.165, 1.54) is 11.8 Å². The van der Waals surface area contributed by atoms with Crippen LogP contribution in [0.2, 0.25) is 0 Å². The Labute approximate surface area is 110 Å². The van der Waals surface area contributed by atoms with Gasteiger partial charge in [0.1, 0.15) is 10.8 Å². The lowest BCUT2D eigenvalue weighted by Gasteiger charge is -2.08. The van der Waals surface area contributed by atoms with Crippen molar-refractivity contribution in [3.63, 3.8) is 0 Å². The Morgan fingerprint density at radius 2 is 1.83 bits per heavy atom. The van der Waals surface area contributed by atoms with Gasteiger partial charge in [-0.3, -0.25) is 0 Å². The van der Waals surface area contributed by atoms with Crippen LogP contribution in [-0.2, 0) is 0 Å². The number of hydrogen-bond acceptors (Lipinski definition) is 5. The Morgan fingerprint density at radius 1 is 1.06 bits per heavy atom. The fraction of sp³-hybridized carbons (Fsp3) is 0.154. The third-order valence-electron chi connectivity index (χ3n) is 2.34. The van der Waals surface area contributed by atoms with Gasteiger partial charge in [-0.1, -0.05) is 23.9 Å². The van der Waals surface area contributed by atoms with E-state index in [1.807, 2.05) is 30.3 Å². The van der Waals surface area contributed by atoms with Crippen LogP contribution in [0, 0.1) is 0 Å². The van der Waals surface area contributed by atoms with Gasteiger partial charge in [-0.25, -0.2) is 4.98 Å². The number of anilines is 1. The monoisotopic (exact) mass is 262 g/mol. The molecule has 0 aliphatic rings. The van der Waals surface area contributed by atoms with Crippen molar-refractivity contribution in [3.8, 4) is 11.6 Å². The fourth-order valence-electron chi connectivity index (χ4n) is 1.47. The zero-order chi connectivity index (χ0) is 13.0. The molecule has 0 saturated heterocycles. The number of pyridine rings is 1. The zero-order valence-electron chi connectivity index (χ0n) is 10.2. The zero-order valence-corrected chi connectivity index (χ0v) is 11.0. The molecule has 0 spiro atoms. The molecule has 4 nitrogen and oxygen atoms in total. The van der Waals surface area contributed by atoms with E-state index in [0.29, 0.717) is 11.6 Å². The Bertz CT molecular complexity index is 546. The van der Waals surface area contributed by atoms with Crippen LogP contribution in [0.1, 0.15) is 0 Å². The predicted molar refractivity (Wildman–Crippen MR) is 72.3 cm³/mol. The number of methoxy groups -OCH3 is 2. The van der Waals surface area contributed by atoms with Crippen molar-refractivity contribution in [2.45, 2.75) is 9.92 Å². The Kier molecular flexibility index (Phi) is 3.94. The van der Waals surface area contributed by atoms with Crippen LogP contribution in [-0.4, -0.2) is 19.2 Å². The van der Waals surface area contributed by atoms with Crippen molar-refractivity contribution >= 4 is 17.4 Å². The minimum absolute atomic E-state index is 0.440. The fourth-order valence-corrected chi connectivity index (χ4v) is 2.36. The number of nitrogen functional groups attached to an aromatic ring is 1. The second-order valence-corrected chi connectivity index (χ2v) is 4.56. The minimum atomic E-state index is 0.440. The van der Waals surface area contributed by atoms with Crippen LogP contribution in [0.5, 0.6) is 11.6 Å². The number of aromatic nitrogens is 1. The summed E-state index contributed by atoms with van der Waals surface area (Å²) in [5.74, 6) is 1.26. The van der Waals surface area contributed by atoms with E-state index in [2.05, 4.69) is 4.98 Å². The van der Waals surface area contributed by atoms with E-state index in [-0.39, 0.29) is 0 Å². The lowest BCUT2D eigenvalue weighted by molar-refractivity contribution is 0.396. The molecule has 2 rings (SSSR count). The number of hydrogen-bond donors (Lipinski definition) is 1. The van der Waals surface area contributed by atoms with E-state index in [4.69, 9.17) is 15.2 Å². The molecule has 0 amide bonds. The van der Waals surface area contributed by atoms with Gasteiger partial charge in [0.05, 0.1) is 24.8 Å². The van der Waals surface area contributed by atoms with Gasteiger partial charge in [-0.05, 0) is 24.3 Å². The van der Waals surface area contributed by atoms with E-state index < -0.39 is 0 Å². The minimum Gasteiger partial charge on any atom is -0.496 e. The van der Waals surface area contributed by atoms with Gasteiger partial charge >= 0.3 is 0 Å². The number of nitrogens with two attached hydrogens (primary N) is 1. The van der Waals surface area contributed by atoms with Crippen LogP contribution in [0.15, 0.2) is 46.3 Å². The average molecular weight is 262 g/mol. The molecule has 94 valence electrons. The van der Waals surface area contributed by atoms with Crippen LogP contribution in [0.25, 0.3) is 0 Å². The van der Waals surface area contributed by atoms with Gasteiger partial charge in [-0.15, -0.1) is 0 Å². The van der Waals surface area contributed by atoms with Gasteiger partial charge in [0.2, 0.25) is 5.88 Å². The first-order valence-corrected chi connectivity index (χ1v) is 6.17. The third-order valence-corrected chi connectivity index (χ3v) is 3.33. The first-order valence-electron chi connectivity index (χ1n) is 5.36. The highest BCUT2D eigenvalue weighted by molar-refractivity contribution is 7.99. The molecule has 1 aromatic heterocycles. The van der Waals surface area contributed by atoms with Crippen molar-refractivity contribution in [1.29, 1.82) is 0 Å². The molecular formula is C13H14N2O2S. The summed E-state index contributed by atoms with van der Waals surface area (Å²) in [6, 6.07) is 11.4. The Hall–Kier alpha value is -1.88. The molecule has 2 aromatic rings. The number of benzene rings is 1. The molecule has 2 N–H and O–H groups in total. The van der Waals surface area contributed by atoms with Crippen molar-refractivity contribution in [3.05, 3.63) is 36.4 Å². The quantitative estimate of drug-likeness (QED) is 0.918. The summed E-state index contributed by atoms with van der Waals surface area (Å²) in [5.41, 5.74) is 6.26. The van der Waals surface area contributed by atoms with Crippen molar-refractivity contribution in [2.24, 2.45) is 0 Å². The Morgan fingerprint density at radius 3 is 2.56 bits per heavy atom. The molecule has 0 bridgehead atoms. The topological polar surface area (TPSA) is 57.4 Å². The molecule has 0 aliphatic heterocycles. The smallest absolute Gasteiger partial charge is 0.237 e. The summed E-state index contributed by atoms with van der Waals surface area (Å²) in [4.78, 5) is 5.32. The first-order chi connectivity index (χ1) is 8.74. The molecule has 1 heterocycles. The summed E-state index contributed by atoms with van der Waals surface area (Å²) in [5, 5.41) is 0.811. The maximum absolute atomic E-state index is 5.73. The van der Waals surface area contributed by atoms with Crippen molar-refractivity contribution < 1.29 is 9.47 Å². The summed E-state index contributed by atoms with van der Waals surface area (Å²) in [6.45, 7) is 0. The van der Waals surface area contributed by atoms with Crippen molar-refractivity contribution in [2.75, 3.05) is 20.0 Å². The first kappa shape index (κ1) is 12.6. The molecule has 0 fully saturated rings.